The van der Waals surface area contributed by atoms with Crippen LogP contribution in [0.5, 0.6) is 0 Å². The van der Waals surface area contributed by atoms with Gasteiger partial charge in [0.2, 0.25) is 0 Å². The third kappa shape index (κ3) is 5.16. The van der Waals surface area contributed by atoms with E-state index in [1.54, 1.807) is 0 Å². The van der Waals surface area contributed by atoms with Crippen LogP contribution in [0.1, 0.15) is 33.1 Å². The fraction of sp³-hybridized carbons (Fsp3) is 0.727. The number of rotatable bonds is 8. The van der Waals surface area contributed by atoms with Crippen molar-refractivity contribution >= 4 is 16.1 Å². The van der Waals surface area contributed by atoms with Gasteiger partial charge in [-0.05, 0) is 39.7 Å². The molecule has 0 aromatic rings. The lowest BCUT2D eigenvalue weighted by Crippen LogP contribution is -2.37. The molecule has 0 aliphatic heterocycles. The van der Waals surface area contributed by atoms with Crippen LogP contribution in [-0.2, 0) is 19.6 Å². The third-order valence-corrected chi connectivity index (χ3v) is 4.38. The molecule has 0 aromatic heterocycles. The molecule has 0 fully saturated rings. The molecule has 0 bridgehead atoms. The van der Waals surface area contributed by atoms with Gasteiger partial charge in [-0.15, -0.1) is 0 Å². The van der Waals surface area contributed by atoms with Gasteiger partial charge >= 0.3 is 5.97 Å². The molecule has 18 heavy (non-hydrogen) atoms. The van der Waals surface area contributed by atoms with E-state index in [2.05, 4.69) is 6.58 Å². The minimum absolute atomic E-state index is 0.0847. The topological polar surface area (TPSA) is 107 Å². The summed E-state index contributed by atoms with van der Waals surface area (Å²) in [6, 6.07) is 0. The summed E-state index contributed by atoms with van der Waals surface area (Å²) in [5.41, 5.74) is 5.62. The SMILES string of the molecule is C=C(C)C(=O)OCCCC(C)(CCN)S(=O)(=O)O. The van der Waals surface area contributed by atoms with Gasteiger partial charge in [0.1, 0.15) is 0 Å². The van der Waals surface area contributed by atoms with E-state index in [0.717, 1.165) is 0 Å². The first-order valence-corrected chi connectivity index (χ1v) is 7.08. The Labute approximate surface area is 108 Å². The minimum Gasteiger partial charge on any atom is -0.462 e. The highest BCUT2D eigenvalue weighted by atomic mass is 32.2. The maximum Gasteiger partial charge on any atom is 0.333 e. The highest BCUT2D eigenvalue weighted by Crippen LogP contribution is 2.25. The van der Waals surface area contributed by atoms with Gasteiger partial charge < -0.3 is 10.5 Å². The molecule has 1 unspecified atom stereocenters. The average molecular weight is 279 g/mol. The van der Waals surface area contributed by atoms with Gasteiger partial charge in [-0.25, -0.2) is 4.79 Å². The van der Waals surface area contributed by atoms with Crippen LogP contribution in [-0.4, -0.2) is 36.8 Å². The standard InChI is InChI=1S/C11H21NO5S/c1-9(2)10(13)17-8-4-5-11(3,6-7-12)18(14,15)16/h1,4-8,12H2,2-3H3,(H,14,15,16). The first-order chi connectivity index (χ1) is 8.14. The van der Waals surface area contributed by atoms with Crippen molar-refractivity contribution in [2.75, 3.05) is 13.2 Å². The van der Waals surface area contributed by atoms with E-state index in [-0.39, 0.29) is 31.6 Å². The van der Waals surface area contributed by atoms with Crippen LogP contribution in [0.2, 0.25) is 0 Å². The lowest BCUT2D eigenvalue weighted by molar-refractivity contribution is -0.139. The predicted molar refractivity (Wildman–Crippen MR) is 68.6 cm³/mol. The largest absolute Gasteiger partial charge is 0.462 e. The van der Waals surface area contributed by atoms with Crippen LogP contribution in [0, 0.1) is 0 Å². The van der Waals surface area contributed by atoms with E-state index >= 15 is 0 Å². The maximum atomic E-state index is 11.3. The lowest BCUT2D eigenvalue weighted by atomic mass is 10.0. The molecule has 0 spiro atoms. The molecule has 0 rings (SSSR count). The normalized spacial score (nSPS) is 14.9. The Morgan fingerprint density at radius 2 is 2.00 bits per heavy atom. The van der Waals surface area contributed by atoms with Crippen molar-refractivity contribution in [3.63, 3.8) is 0 Å². The Hall–Kier alpha value is -0.920. The average Bonchev–Trinajstić information content (AvgIpc) is 2.22. The first kappa shape index (κ1) is 17.1. The molecular weight excluding hydrogens is 258 g/mol. The Balaban J connectivity index is 4.31. The molecule has 6 nitrogen and oxygen atoms in total. The van der Waals surface area contributed by atoms with Gasteiger partial charge in [-0.2, -0.15) is 8.42 Å². The monoisotopic (exact) mass is 279 g/mol. The van der Waals surface area contributed by atoms with Gasteiger partial charge in [0.05, 0.1) is 11.4 Å². The fourth-order valence-corrected chi connectivity index (χ4v) is 2.20. The number of esters is 1. The zero-order chi connectivity index (χ0) is 14.4. The Bertz CT molecular complexity index is 404. The van der Waals surface area contributed by atoms with Crippen molar-refractivity contribution in [3.05, 3.63) is 12.2 Å². The van der Waals surface area contributed by atoms with Crippen LogP contribution in [0.3, 0.4) is 0 Å². The van der Waals surface area contributed by atoms with Crippen molar-refractivity contribution < 1.29 is 22.5 Å². The third-order valence-electron chi connectivity index (χ3n) is 2.73. The van der Waals surface area contributed by atoms with Gasteiger partial charge in [0.15, 0.2) is 0 Å². The van der Waals surface area contributed by atoms with Crippen molar-refractivity contribution in [3.8, 4) is 0 Å². The summed E-state index contributed by atoms with van der Waals surface area (Å²) in [6.45, 7) is 6.62. The van der Waals surface area contributed by atoms with Crippen molar-refractivity contribution in [2.24, 2.45) is 5.73 Å². The summed E-state index contributed by atoms with van der Waals surface area (Å²) >= 11 is 0. The van der Waals surface area contributed by atoms with Crippen molar-refractivity contribution in [1.82, 2.24) is 0 Å². The fourth-order valence-electron chi connectivity index (χ4n) is 1.42. The van der Waals surface area contributed by atoms with Crippen molar-refractivity contribution in [1.29, 1.82) is 0 Å². The smallest absolute Gasteiger partial charge is 0.333 e. The zero-order valence-corrected chi connectivity index (χ0v) is 11.6. The summed E-state index contributed by atoms with van der Waals surface area (Å²) in [5.74, 6) is -0.512. The summed E-state index contributed by atoms with van der Waals surface area (Å²) in [4.78, 5) is 11.1. The quantitative estimate of drug-likeness (QED) is 0.296. The summed E-state index contributed by atoms with van der Waals surface area (Å²) in [6.07, 6.45) is 0.655. The molecule has 3 N–H and O–H groups in total. The molecule has 7 heteroatoms. The molecule has 0 aliphatic rings. The molecule has 1 atom stereocenters. The number of hydrogen-bond acceptors (Lipinski definition) is 5. The van der Waals surface area contributed by atoms with Crippen LogP contribution < -0.4 is 5.73 Å². The predicted octanol–water partition coefficient (Wildman–Crippen LogP) is 0.881. The van der Waals surface area contributed by atoms with Crippen LogP contribution in [0.25, 0.3) is 0 Å². The van der Waals surface area contributed by atoms with Gasteiger partial charge in [0.25, 0.3) is 10.1 Å². The zero-order valence-electron chi connectivity index (χ0n) is 10.8. The second-order valence-electron chi connectivity index (χ2n) is 4.48. The second kappa shape index (κ2) is 6.86. The number of hydrogen-bond donors (Lipinski definition) is 2. The number of carbonyl (C=O) groups is 1. The van der Waals surface area contributed by atoms with Gasteiger partial charge in [0, 0.05) is 5.57 Å². The summed E-state index contributed by atoms with van der Waals surface area (Å²) in [7, 11) is -4.18. The number of nitrogens with two attached hydrogens (primary N) is 1. The molecule has 0 saturated carbocycles. The summed E-state index contributed by atoms with van der Waals surface area (Å²) in [5, 5.41) is 0. The van der Waals surface area contributed by atoms with E-state index in [4.69, 9.17) is 15.0 Å². The molecule has 0 amide bonds. The number of carbonyl (C=O) groups excluding carboxylic acids is 1. The highest BCUT2D eigenvalue weighted by molar-refractivity contribution is 7.87. The molecule has 0 heterocycles. The number of ether oxygens (including phenoxy) is 1. The van der Waals surface area contributed by atoms with Gasteiger partial charge in [-0.3, -0.25) is 4.55 Å². The first-order valence-electron chi connectivity index (χ1n) is 5.64. The summed E-state index contributed by atoms with van der Waals surface area (Å²) < 4.78 is 35.2. The van der Waals surface area contributed by atoms with E-state index < -0.39 is 20.8 Å². The Morgan fingerprint density at radius 3 is 2.39 bits per heavy atom. The lowest BCUT2D eigenvalue weighted by Gasteiger charge is -2.25. The van der Waals surface area contributed by atoms with Crippen LogP contribution in [0.15, 0.2) is 12.2 Å². The van der Waals surface area contributed by atoms with Crippen LogP contribution >= 0.6 is 0 Å². The second-order valence-corrected chi connectivity index (χ2v) is 6.42. The maximum absolute atomic E-state index is 11.3. The van der Waals surface area contributed by atoms with E-state index in [9.17, 15) is 13.2 Å². The molecule has 0 aromatic carbocycles. The molecule has 0 aliphatic carbocycles. The van der Waals surface area contributed by atoms with E-state index in [0.29, 0.717) is 6.42 Å². The highest BCUT2D eigenvalue weighted by Gasteiger charge is 2.36. The molecular formula is C11H21NO5S. The Morgan fingerprint density at radius 1 is 1.44 bits per heavy atom. The molecule has 0 saturated heterocycles. The van der Waals surface area contributed by atoms with E-state index in [1.165, 1.54) is 13.8 Å². The molecule has 106 valence electrons. The minimum atomic E-state index is -4.18. The molecule has 0 radical (unpaired) electrons. The Kier molecular flexibility index (Phi) is 6.51. The van der Waals surface area contributed by atoms with Crippen molar-refractivity contribution in [2.45, 2.75) is 37.9 Å². The van der Waals surface area contributed by atoms with Crippen LogP contribution in [0.4, 0.5) is 0 Å². The van der Waals surface area contributed by atoms with Gasteiger partial charge in [-0.1, -0.05) is 6.58 Å². The van der Waals surface area contributed by atoms with E-state index in [1.807, 2.05) is 0 Å².